The van der Waals surface area contributed by atoms with Gasteiger partial charge in [0, 0.05) is 0 Å². The van der Waals surface area contributed by atoms with Crippen molar-refractivity contribution in [2.24, 2.45) is 10.8 Å². The predicted molar refractivity (Wildman–Crippen MR) is 135 cm³/mol. The molecule has 2 aromatic carbocycles. The maximum absolute atomic E-state index is 13.7. The molecule has 0 aliphatic carbocycles. The molecule has 0 bridgehead atoms. The molecule has 1 N–H and O–H groups in total. The van der Waals surface area contributed by atoms with Crippen LogP contribution in [-0.4, -0.2) is 4.21 Å². The summed E-state index contributed by atoms with van der Waals surface area (Å²) in [5, 5.41) is 3.53. The normalized spacial score (nSPS) is 15.3. The van der Waals surface area contributed by atoms with E-state index in [2.05, 4.69) is 111 Å². The second-order valence-corrected chi connectivity index (χ2v) is 14.5. The molecule has 2 nitrogen and oxygen atoms in total. The van der Waals surface area contributed by atoms with Gasteiger partial charge in [0.25, 0.3) is 0 Å². The molecule has 0 atom stereocenters. The highest BCUT2D eigenvalue weighted by Gasteiger charge is 2.32. The SMILES string of the molecule is CC(C)(C)CC(C)(C)c1ccc2c(c1)S(=O)c1cc(C(C)(C)CC(C)(C)C)ccc1N2. The summed E-state index contributed by atoms with van der Waals surface area (Å²) in [6.07, 6.45) is 2.14. The van der Waals surface area contributed by atoms with Gasteiger partial charge in [0.15, 0.2) is 0 Å². The van der Waals surface area contributed by atoms with Gasteiger partial charge in [-0.25, -0.2) is 4.21 Å². The van der Waals surface area contributed by atoms with Gasteiger partial charge in [-0.2, -0.15) is 0 Å². The molecule has 0 amide bonds. The number of hydrogen-bond donors (Lipinski definition) is 1. The molecule has 0 spiro atoms. The van der Waals surface area contributed by atoms with Gasteiger partial charge in [-0.1, -0.05) is 81.4 Å². The summed E-state index contributed by atoms with van der Waals surface area (Å²) in [7, 11) is -1.19. The van der Waals surface area contributed by atoms with Gasteiger partial charge in [-0.15, -0.1) is 0 Å². The van der Waals surface area contributed by atoms with Crippen LogP contribution in [0.3, 0.4) is 0 Å². The topological polar surface area (TPSA) is 29.1 Å². The molecule has 1 aliphatic heterocycles. The zero-order valence-electron chi connectivity index (χ0n) is 21.2. The Morgan fingerprint density at radius 3 is 1.32 bits per heavy atom. The Hall–Kier alpha value is -1.61. The van der Waals surface area contributed by atoms with E-state index in [1.807, 2.05) is 0 Å². The van der Waals surface area contributed by atoms with Gasteiger partial charge in [0.05, 0.1) is 32.0 Å². The Kier molecular flexibility index (Phi) is 6.02. The van der Waals surface area contributed by atoms with Crippen molar-refractivity contribution < 1.29 is 4.21 Å². The van der Waals surface area contributed by atoms with Gasteiger partial charge in [0.1, 0.15) is 0 Å². The minimum atomic E-state index is -1.19. The highest BCUT2D eigenvalue weighted by atomic mass is 32.2. The van der Waals surface area contributed by atoms with E-state index >= 15 is 0 Å². The number of nitrogens with one attached hydrogen (secondary N) is 1. The fourth-order valence-corrected chi connectivity index (χ4v) is 6.86. The number of benzene rings is 2. The van der Waals surface area contributed by atoms with Crippen molar-refractivity contribution >= 4 is 22.2 Å². The number of fused-ring (bicyclic) bond motifs is 2. The zero-order valence-corrected chi connectivity index (χ0v) is 22.0. The van der Waals surface area contributed by atoms with Crippen molar-refractivity contribution in [3.8, 4) is 0 Å². The lowest BCUT2D eigenvalue weighted by atomic mass is 9.72. The minimum absolute atomic E-state index is 0.0221. The standard InChI is InChI=1S/C28H41NOS/c1-25(2,3)17-27(7,8)19-11-13-21-23(15-19)31(30)24-16-20(12-14-22(24)29-21)28(9,10)18-26(4,5)6/h11-16,29H,17-18H2,1-10H3. The van der Waals surface area contributed by atoms with Crippen LogP contribution in [0.4, 0.5) is 11.4 Å². The molecule has 0 aromatic heterocycles. The van der Waals surface area contributed by atoms with Crippen LogP contribution < -0.4 is 5.32 Å². The first-order chi connectivity index (χ1) is 14.0. The molecule has 0 fully saturated rings. The predicted octanol–water partition coefficient (Wildman–Crippen LogP) is 8.34. The van der Waals surface area contributed by atoms with E-state index in [0.717, 1.165) is 34.0 Å². The summed E-state index contributed by atoms with van der Waals surface area (Å²) < 4.78 is 13.7. The highest BCUT2D eigenvalue weighted by Crippen LogP contribution is 2.44. The monoisotopic (exact) mass is 439 g/mol. The number of hydrogen-bond acceptors (Lipinski definition) is 2. The maximum Gasteiger partial charge on any atom is 0.0892 e. The molecule has 2 aromatic rings. The number of anilines is 2. The summed E-state index contributed by atoms with van der Waals surface area (Å²) in [6, 6.07) is 12.9. The van der Waals surface area contributed by atoms with Crippen LogP contribution in [0.1, 0.15) is 93.2 Å². The third-order valence-corrected chi connectivity index (χ3v) is 7.61. The van der Waals surface area contributed by atoms with Crippen LogP contribution in [0.2, 0.25) is 0 Å². The van der Waals surface area contributed by atoms with E-state index in [-0.39, 0.29) is 21.7 Å². The summed E-state index contributed by atoms with van der Waals surface area (Å²) in [5.41, 5.74) is 4.94. The number of rotatable bonds is 4. The van der Waals surface area contributed by atoms with E-state index < -0.39 is 10.8 Å². The van der Waals surface area contributed by atoms with E-state index in [0.29, 0.717) is 0 Å². The molecule has 170 valence electrons. The molecule has 0 saturated carbocycles. The van der Waals surface area contributed by atoms with Crippen molar-refractivity contribution in [2.45, 2.75) is 103 Å². The van der Waals surface area contributed by atoms with Crippen LogP contribution >= 0.6 is 0 Å². The third-order valence-electron chi connectivity index (χ3n) is 6.14. The Morgan fingerprint density at radius 1 is 0.645 bits per heavy atom. The van der Waals surface area contributed by atoms with E-state index in [9.17, 15) is 4.21 Å². The molecular formula is C28H41NOS. The average Bonchev–Trinajstić information content (AvgIpc) is 2.57. The van der Waals surface area contributed by atoms with Crippen LogP contribution in [0.5, 0.6) is 0 Å². The largest absolute Gasteiger partial charge is 0.354 e. The Bertz CT molecular complexity index is 923. The van der Waals surface area contributed by atoms with Crippen LogP contribution in [0.15, 0.2) is 46.2 Å². The molecule has 1 aliphatic rings. The van der Waals surface area contributed by atoms with Crippen molar-refractivity contribution in [2.75, 3.05) is 5.32 Å². The average molecular weight is 440 g/mol. The second-order valence-electron chi connectivity index (χ2n) is 13.1. The lowest BCUT2D eigenvalue weighted by Crippen LogP contribution is -2.26. The molecule has 0 saturated heterocycles. The van der Waals surface area contributed by atoms with Crippen molar-refractivity contribution in [3.05, 3.63) is 47.5 Å². The quantitative estimate of drug-likeness (QED) is 0.442. The van der Waals surface area contributed by atoms with Gasteiger partial charge in [-0.3, -0.25) is 0 Å². The van der Waals surface area contributed by atoms with Crippen LogP contribution in [0.25, 0.3) is 0 Å². The highest BCUT2D eigenvalue weighted by molar-refractivity contribution is 7.85. The van der Waals surface area contributed by atoms with Crippen molar-refractivity contribution in [3.63, 3.8) is 0 Å². The first-order valence-corrected chi connectivity index (χ1v) is 12.6. The smallest absolute Gasteiger partial charge is 0.0892 e. The molecule has 3 heteroatoms. The molecule has 31 heavy (non-hydrogen) atoms. The molecule has 1 heterocycles. The molecule has 0 unspecified atom stereocenters. The summed E-state index contributed by atoms with van der Waals surface area (Å²) >= 11 is 0. The molecular weight excluding hydrogens is 398 g/mol. The maximum atomic E-state index is 13.7. The fourth-order valence-electron chi connectivity index (χ4n) is 5.52. The van der Waals surface area contributed by atoms with Crippen LogP contribution in [0, 0.1) is 10.8 Å². The van der Waals surface area contributed by atoms with Crippen molar-refractivity contribution in [1.29, 1.82) is 0 Å². The third kappa shape index (κ3) is 5.42. The molecule has 3 rings (SSSR count). The Labute approximate surface area is 192 Å². The fraction of sp³-hybridized carbons (Fsp3) is 0.571. The van der Waals surface area contributed by atoms with E-state index in [1.54, 1.807) is 0 Å². The first-order valence-electron chi connectivity index (χ1n) is 11.5. The van der Waals surface area contributed by atoms with Gasteiger partial charge in [0.2, 0.25) is 0 Å². The zero-order chi connectivity index (χ0) is 23.4. The van der Waals surface area contributed by atoms with E-state index in [4.69, 9.17) is 0 Å². The minimum Gasteiger partial charge on any atom is -0.354 e. The lowest BCUT2D eigenvalue weighted by molar-refractivity contribution is 0.283. The van der Waals surface area contributed by atoms with Gasteiger partial charge >= 0.3 is 0 Å². The lowest BCUT2D eigenvalue weighted by Gasteiger charge is -2.35. The molecule has 0 radical (unpaired) electrons. The van der Waals surface area contributed by atoms with Crippen LogP contribution in [-0.2, 0) is 21.6 Å². The summed E-state index contributed by atoms with van der Waals surface area (Å²) in [4.78, 5) is 1.80. The van der Waals surface area contributed by atoms with E-state index in [1.165, 1.54) is 11.1 Å². The van der Waals surface area contributed by atoms with Crippen molar-refractivity contribution in [1.82, 2.24) is 0 Å². The summed E-state index contributed by atoms with van der Waals surface area (Å²) in [5.74, 6) is 0. The van der Waals surface area contributed by atoms with Gasteiger partial charge < -0.3 is 5.32 Å². The second kappa shape index (κ2) is 7.76. The Balaban J connectivity index is 1.99. The first kappa shape index (κ1) is 24.0. The Morgan fingerprint density at radius 2 is 1.00 bits per heavy atom. The van der Waals surface area contributed by atoms with Gasteiger partial charge in [-0.05, 0) is 69.9 Å². The summed E-state index contributed by atoms with van der Waals surface area (Å²) in [6.45, 7) is 22.9.